The van der Waals surface area contributed by atoms with Gasteiger partial charge < -0.3 is 16.6 Å². The average Bonchev–Trinajstić information content (AvgIpc) is 2.29. The Morgan fingerprint density at radius 1 is 1.06 bits per heavy atom. The molecule has 0 saturated carbocycles. The molecule has 0 spiro atoms. The number of anilines is 1. The van der Waals surface area contributed by atoms with Crippen molar-refractivity contribution < 1.29 is 5.11 Å². The van der Waals surface area contributed by atoms with Crippen molar-refractivity contribution in [2.24, 2.45) is 5.73 Å². The minimum atomic E-state index is 0.189. The Bertz CT molecular complexity index is 489. The summed E-state index contributed by atoms with van der Waals surface area (Å²) in [5, 5.41) is 9.80. The Hall–Kier alpha value is -2.00. The van der Waals surface area contributed by atoms with E-state index < -0.39 is 0 Å². The highest BCUT2D eigenvalue weighted by atomic mass is 16.3. The zero-order valence-corrected chi connectivity index (χ0v) is 8.85. The third kappa shape index (κ3) is 1.85. The molecule has 0 bridgehead atoms. The Kier molecular flexibility index (Phi) is 2.79. The maximum absolute atomic E-state index is 9.80. The minimum Gasteiger partial charge on any atom is -0.507 e. The van der Waals surface area contributed by atoms with Gasteiger partial charge in [-0.3, -0.25) is 0 Å². The van der Waals surface area contributed by atoms with Gasteiger partial charge in [-0.15, -0.1) is 0 Å². The standard InChI is InChI=1S/C13H14N2O/c14-8-9-3-1-4-10(7-9)13-11(15)5-2-6-12(13)16/h1-7,16H,8,14-15H2. The zero-order valence-electron chi connectivity index (χ0n) is 8.85. The van der Waals surface area contributed by atoms with E-state index in [9.17, 15) is 5.11 Å². The second-order valence-electron chi connectivity index (χ2n) is 3.65. The van der Waals surface area contributed by atoms with Gasteiger partial charge in [0.25, 0.3) is 0 Å². The van der Waals surface area contributed by atoms with Gasteiger partial charge in [0.1, 0.15) is 5.75 Å². The number of phenols is 1. The molecule has 0 aliphatic carbocycles. The van der Waals surface area contributed by atoms with Gasteiger partial charge in [0.15, 0.2) is 0 Å². The average molecular weight is 214 g/mol. The number of rotatable bonds is 2. The van der Waals surface area contributed by atoms with Gasteiger partial charge >= 0.3 is 0 Å². The molecule has 0 radical (unpaired) electrons. The maximum atomic E-state index is 9.80. The summed E-state index contributed by atoms with van der Waals surface area (Å²) in [6, 6.07) is 12.8. The Morgan fingerprint density at radius 3 is 2.50 bits per heavy atom. The van der Waals surface area contributed by atoms with Crippen LogP contribution in [0.2, 0.25) is 0 Å². The van der Waals surface area contributed by atoms with E-state index in [-0.39, 0.29) is 5.75 Å². The molecule has 0 amide bonds. The first-order valence-electron chi connectivity index (χ1n) is 5.09. The fraction of sp³-hybridized carbons (Fsp3) is 0.0769. The second-order valence-corrected chi connectivity index (χ2v) is 3.65. The smallest absolute Gasteiger partial charge is 0.125 e. The predicted octanol–water partition coefficient (Wildman–Crippen LogP) is 2.10. The molecule has 2 rings (SSSR count). The summed E-state index contributed by atoms with van der Waals surface area (Å²) in [4.78, 5) is 0. The zero-order chi connectivity index (χ0) is 11.5. The van der Waals surface area contributed by atoms with E-state index in [2.05, 4.69) is 0 Å². The van der Waals surface area contributed by atoms with Gasteiger partial charge in [0, 0.05) is 17.8 Å². The number of nitrogens with two attached hydrogens (primary N) is 2. The van der Waals surface area contributed by atoms with E-state index >= 15 is 0 Å². The summed E-state index contributed by atoms with van der Waals surface area (Å²) in [6.07, 6.45) is 0. The highest BCUT2D eigenvalue weighted by Crippen LogP contribution is 2.34. The highest BCUT2D eigenvalue weighted by Gasteiger charge is 2.07. The van der Waals surface area contributed by atoms with Crippen LogP contribution in [0.4, 0.5) is 5.69 Å². The third-order valence-corrected chi connectivity index (χ3v) is 2.53. The number of nitrogen functional groups attached to an aromatic ring is 1. The summed E-state index contributed by atoms with van der Waals surface area (Å²) in [6.45, 7) is 0.474. The molecule has 0 fully saturated rings. The maximum Gasteiger partial charge on any atom is 0.125 e. The lowest BCUT2D eigenvalue weighted by molar-refractivity contribution is 0.477. The third-order valence-electron chi connectivity index (χ3n) is 2.53. The van der Waals surface area contributed by atoms with Crippen LogP contribution in [0.5, 0.6) is 5.75 Å². The quantitative estimate of drug-likeness (QED) is 0.670. The van der Waals surface area contributed by atoms with Gasteiger partial charge in [-0.05, 0) is 29.3 Å². The number of aromatic hydroxyl groups is 1. The van der Waals surface area contributed by atoms with Gasteiger partial charge in [-0.2, -0.15) is 0 Å². The molecule has 3 heteroatoms. The van der Waals surface area contributed by atoms with Crippen molar-refractivity contribution >= 4 is 5.69 Å². The van der Waals surface area contributed by atoms with Crippen LogP contribution in [0.25, 0.3) is 11.1 Å². The molecule has 0 aromatic heterocycles. The Morgan fingerprint density at radius 2 is 1.81 bits per heavy atom. The minimum absolute atomic E-state index is 0.189. The molecule has 0 aliphatic heterocycles. The van der Waals surface area contributed by atoms with E-state index in [1.165, 1.54) is 0 Å². The predicted molar refractivity (Wildman–Crippen MR) is 65.8 cm³/mol. The van der Waals surface area contributed by atoms with Crippen molar-refractivity contribution in [2.75, 3.05) is 5.73 Å². The van der Waals surface area contributed by atoms with Crippen LogP contribution in [-0.4, -0.2) is 5.11 Å². The summed E-state index contributed by atoms with van der Waals surface area (Å²) in [7, 11) is 0. The molecule has 16 heavy (non-hydrogen) atoms. The molecular formula is C13H14N2O. The fourth-order valence-corrected chi connectivity index (χ4v) is 1.73. The van der Waals surface area contributed by atoms with Crippen LogP contribution in [0.3, 0.4) is 0 Å². The number of benzene rings is 2. The molecule has 5 N–H and O–H groups in total. The number of hydrogen-bond acceptors (Lipinski definition) is 3. The summed E-state index contributed by atoms with van der Waals surface area (Å²) >= 11 is 0. The molecule has 82 valence electrons. The van der Waals surface area contributed by atoms with Crippen molar-refractivity contribution in [1.29, 1.82) is 0 Å². The van der Waals surface area contributed by atoms with Gasteiger partial charge in [0.2, 0.25) is 0 Å². The van der Waals surface area contributed by atoms with E-state index in [1.54, 1.807) is 18.2 Å². The van der Waals surface area contributed by atoms with E-state index in [4.69, 9.17) is 11.5 Å². The van der Waals surface area contributed by atoms with Crippen LogP contribution in [0.15, 0.2) is 42.5 Å². The topological polar surface area (TPSA) is 72.3 Å². The molecule has 3 nitrogen and oxygen atoms in total. The molecule has 2 aromatic rings. The van der Waals surface area contributed by atoms with Crippen LogP contribution >= 0.6 is 0 Å². The molecule has 0 saturated heterocycles. The van der Waals surface area contributed by atoms with Crippen LogP contribution in [-0.2, 0) is 6.54 Å². The van der Waals surface area contributed by atoms with Crippen molar-refractivity contribution in [3.63, 3.8) is 0 Å². The molecular weight excluding hydrogens is 200 g/mol. The molecule has 0 aliphatic rings. The second kappa shape index (κ2) is 4.24. The molecule has 2 aromatic carbocycles. The van der Waals surface area contributed by atoms with Crippen molar-refractivity contribution in [2.45, 2.75) is 6.54 Å². The van der Waals surface area contributed by atoms with Crippen molar-refractivity contribution in [1.82, 2.24) is 0 Å². The van der Waals surface area contributed by atoms with Gasteiger partial charge in [-0.25, -0.2) is 0 Å². The van der Waals surface area contributed by atoms with E-state index in [0.717, 1.165) is 11.1 Å². The Labute approximate surface area is 94.3 Å². The molecule has 0 heterocycles. The largest absolute Gasteiger partial charge is 0.507 e. The van der Waals surface area contributed by atoms with E-state index in [0.29, 0.717) is 17.8 Å². The van der Waals surface area contributed by atoms with Crippen LogP contribution in [0.1, 0.15) is 5.56 Å². The molecule has 0 atom stereocenters. The fourth-order valence-electron chi connectivity index (χ4n) is 1.73. The van der Waals surface area contributed by atoms with E-state index in [1.807, 2.05) is 24.3 Å². The summed E-state index contributed by atoms with van der Waals surface area (Å²) < 4.78 is 0. The monoisotopic (exact) mass is 214 g/mol. The first-order valence-corrected chi connectivity index (χ1v) is 5.09. The van der Waals surface area contributed by atoms with Crippen LogP contribution < -0.4 is 11.5 Å². The number of hydrogen-bond donors (Lipinski definition) is 3. The molecule has 0 unspecified atom stereocenters. The van der Waals surface area contributed by atoms with Crippen molar-refractivity contribution in [3.8, 4) is 16.9 Å². The lowest BCUT2D eigenvalue weighted by atomic mass is 10.0. The lowest BCUT2D eigenvalue weighted by Crippen LogP contribution is -1.96. The summed E-state index contributed by atoms with van der Waals surface area (Å²) in [5.74, 6) is 0.189. The highest BCUT2D eigenvalue weighted by molar-refractivity contribution is 5.81. The number of phenolic OH excluding ortho intramolecular Hbond substituents is 1. The van der Waals surface area contributed by atoms with Gasteiger partial charge in [-0.1, -0.05) is 24.3 Å². The first-order chi connectivity index (χ1) is 7.72. The lowest BCUT2D eigenvalue weighted by Gasteiger charge is -2.09. The normalized spacial score (nSPS) is 10.3. The SMILES string of the molecule is NCc1cccc(-c2c(N)cccc2O)c1. The van der Waals surface area contributed by atoms with Crippen LogP contribution in [0, 0.1) is 0 Å². The van der Waals surface area contributed by atoms with Crippen molar-refractivity contribution in [3.05, 3.63) is 48.0 Å². The summed E-state index contributed by atoms with van der Waals surface area (Å²) in [5.41, 5.74) is 14.6. The van der Waals surface area contributed by atoms with Gasteiger partial charge in [0.05, 0.1) is 0 Å². The Balaban J connectivity index is 2.58. The first kappa shape index (κ1) is 10.5.